The molecule has 1 aliphatic rings. The first-order chi connectivity index (χ1) is 9.13. The van der Waals surface area contributed by atoms with Crippen LogP contribution in [0.4, 0.5) is 4.39 Å². The van der Waals surface area contributed by atoms with Crippen molar-refractivity contribution in [1.29, 1.82) is 0 Å². The Morgan fingerprint density at radius 3 is 2.63 bits per heavy atom. The number of ether oxygens (including phenoxy) is 1. The van der Waals surface area contributed by atoms with Crippen LogP contribution >= 0.6 is 15.9 Å². The van der Waals surface area contributed by atoms with Gasteiger partial charge in [-0.25, -0.2) is 4.39 Å². The SMILES string of the molecule is OC1CC(c2ccc(Br)cc2)Oc2ccc(F)cc21. The zero-order chi connectivity index (χ0) is 13.4. The predicted octanol–water partition coefficient (Wildman–Crippen LogP) is 4.15. The van der Waals surface area contributed by atoms with Crippen LogP contribution in [-0.2, 0) is 0 Å². The summed E-state index contributed by atoms with van der Waals surface area (Å²) >= 11 is 3.38. The number of fused-ring (bicyclic) bond motifs is 1. The molecule has 3 rings (SSSR count). The molecule has 2 aromatic carbocycles. The maximum absolute atomic E-state index is 13.2. The average molecular weight is 323 g/mol. The molecule has 0 saturated carbocycles. The number of hydrogen-bond donors (Lipinski definition) is 1. The summed E-state index contributed by atoms with van der Waals surface area (Å²) in [7, 11) is 0. The summed E-state index contributed by atoms with van der Waals surface area (Å²) in [6, 6.07) is 12.0. The topological polar surface area (TPSA) is 29.5 Å². The lowest BCUT2D eigenvalue weighted by Gasteiger charge is -2.30. The van der Waals surface area contributed by atoms with Gasteiger partial charge in [-0.15, -0.1) is 0 Å². The summed E-state index contributed by atoms with van der Waals surface area (Å²) in [4.78, 5) is 0. The van der Waals surface area contributed by atoms with Crippen molar-refractivity contribution in [1.82, 2.24) is 0 Å². The van der Waals surface area contributed by atoms with Gasteiger partial charge in [0.25, 0.3) is 0 Å². The first kappa shape index (κ1) is 12.6. The molecule has 2 unspecified atom stereocenters. The van der Waals surface area contributed by atoms with E-state index in [9.17, 15) is 9.50 Å². The van der Waals surface area contributed by atoms with Crippen LogP contribution < -0.4 is 4.74 Å². The Labute approximate surface area is 119 Å². The highest BCUT2D eigenvalue weighted by molar-refractivity contribution is 9.10. The van der Waals surface area contributed by atoms with Gasteiger partial charge in [0.05, 0.1) is 6.10 Å². The largest absolute Gasteiger partial charge is 0.485 e. The van der Waals surface area contributed by atoms with Gasteiger partial charge in [-0.1, -0.05) is 28.1 Å². The van der Waals surface area contributed by atoms with E-state index in [4.69, 9.17) is 4.74 Å². The van der Waals surface area contributed by atoms with Crippen LogP contribution in [0, 0.1) is 5.82 Å². The molecule has 0 aromatic heterocycles. The Bertz CT molecular complexity index is 598. The van der Waals surface area contributed by atoms with Gasteiger partial charge in [0.1, 0.15) is 17.7 Å². The Balaban J connectivity index is 1.92. The van der Waals surface area contributed by atoms with Crippen LogP contribution in [0.5, 0.6) is 5.75 Å². The molecule has 2 aromatic rings. The summed E-state index contributed by atoms with van der Waals surface area (Å²) in [5, 5.41) is 10.1. The van der Waals surface area contributed by atoms with Crippen LogP contribution in [0.25, 0.3) is 0 Å². The molecular weight excluding hydrogens is 311 g/mol. The number of aliphatic hydroxyl groups excluding tert-OH is 1. The third-order valence-corrected chi connectivity index (χ3v) is 3.81. The fourth-order valence-corrected chi connectivity index (χ4v) is 2.56. The standard InChI is InChI=1S/C15H12BrFO2/c16-10-3-1-9(2-4-10)15-8-13(18)12-7-11(17)5-6-14(12)19-15/h1-7,13,15,18H,8H2. The molecule has 1 heterocycles. The summed E-state index contributed by atoms with van der Waals surface area (Å²) in [5.74, 6) is 0.191. The molecule has 1 N–H and O–H groups in total. The van der Waals surface area contributed by atoms with Crippen molar-refractivity contribution in [2.24, 2.45) is 0 Å². The lowest BCUT2D eigenvalue weighted by Crippen LogP contribution is -2.19. The summed E-state index contributed by atoms with van der Waals surface area (Å²) in [6.07, 6.45) is -0.480. The highest BCUT2D eigenvalue weighted by atomic mass is 79.9. The highest BCUT2D eigenvalue weighted by Crippen LogP contribution is 2.41. The maximum Gasteiger partial charge on any atom is 0.127 e. The minimum absolute atomic E-state index is 0.207. The summed E-state index contributed by atoms with van der Waals surface area (Å²) in [6.45, 7) is 0. The van der Waals surface area contributed by atoms with Crippen molar-refractivity contribution in [3.05, 3.63) is 63.9 Å². The Morgan fingerprint density at radius 2 is 1.89 bits per heavy atom. The van der Waals surface area contributed by atoms with E-state index in [-0.39, 0.29) is 11.9 Å². The van der Waals surface area contributed by atoms with Gasteiger partial charge in [-0.3, -0.25) is 0 Å². The quantitative estimate of drug-likeness (QED) is 0.854. The molecule has 0 bridgehead atoms. The van der Waals surface area contributed by atoms with Gasteiger partial charge in [0.2, 0.25) is 0 Å². The van der Waals surface area contributed by atoms with Crippen molar-refractivity contribution in [2.75, 3.05) is 0 Å². The molecule has 0 spiro atoms. The van der Waals surface area contributed by atoms with Gasteiger partial charge in [0.15, 0.2) is 0 Å². The third-order valence-electron chi connectivity index (χ3n) is 3.28. The van der Waals surface area contributed by atoms with E-state index in [1.54, 1.807) is 6.07 Å². The van der Waals surface area contributed by atoms with Crippen LogP contribution in [-0.4, -0.2) is 5.11 Å². The smallest absolute Gasteiger partial charge is 0.127 e. The molecule has 2 nitrogen and oxygen atoms in total. The van der Waals surface area contributed by atoms with Crippen molar-refractivity contribution in [3.63, 3.8) is 0 Å². The normalized spacial score (nSPS) is 21.6. The first-order valence-corrected chi connectivity index (χ1v) is 6.82. The number of aliphatic hydroxyl groups is 1. The molecule has 2 atom stereocenters. The average Bonchev–Trinajstić information content (AvgIpc) is 2.40. The molecule has 1 aliphatic heterocycles. The monoisotopic (exact) mass is 322 g/mol. The molecular formula is C15H12BrFO2. The van der Waals surface area contributed by atoms with Gasteiger partial charge >= 0.3 is 0 Å². The summed E-state index contributed by atoms with van der Waals surface area (Å²) in [5.41, 5.74) is 1.52. The van der Waals surface area contributed by atoms with Crippen LogP contribution in [0.2, 0.25) is 0 Å². The fourth-order valence-electron chi connectivity index (χ4n) is 2.30. The van der Waals surface area contributed by atoms with Gasteiger partial charge in [0, 0.05) is 16.5 Å². The molecule has 19 heavy (non-hydrogen) atoms. The molecule has 4 heteroatoms. The van der Waals surface area contributed by atoms with Crippen molar-refractivity contribution in [2.45, 2.75) is 18.6 Å². The minimum Gasteiger partial charge on any atom is -0.485 e. The molecule has 0 fully saturated rings. The second-order valence-electron chi connectivity index (χ2n) is 4.59. The van der Waals surface area contributed by atoms with Gasteiger partial charge in [-0.05, 0) is 35.9 Å². The predicted molar refractivity (Wildman–Crippen MR) is 73.5 cm³/mol. The second kappa shape index (κ2) is 4.94. The number of rotatable bonds is 1. The molecule has 0 amide bonds. The maximum atomic E-state index is 13.2. The third kappa shape index (κ3) is 2.51. The second-order valence-corrected chi connectivity index (χ2v) is 5.51. The number of halogens is 2. The van der Waals surface area contributed by atoms with Crippen molar-refractivity contribution in [3.8, 4) is 5.75 Å². The highest BCUT2D eigenvalue weighted by Gasteiger charge is 2.28. The Morgan fingerprint density at radius 1 is 1.16 bits per heavy atom. The van der Waals surface area contributed by atoms with Crippen molar-refractivity contribution < 1.29 is 14.2 Å². The minimum atomic E-state index is -0.701. The lowest BCUT2D eigenvalue weighted by atomic mass is 9.95. The van der Waals surface area contributed by atoms with E-state index >= 15 is 0 Å². The number of hydrogen-bond acceptors (Lipinski definition) is 2. The summed E-state index contributed by atoms with van der Waals surface area (Å²) < 4.78 is 20.0. The van der Waals surface area contributed by atoms with E-state index in [0.29, 0.717) is 17.7 Å². The van der Waals surface area contributed by atoms with Crippen molar-refractivity contribution >= 4 is 15.9 Å². The Kier molecular flexibility index (Phi) is 3.29. The molecule has 0 radical (unpaired) electrons. The number of benzene rings is 2. The fraction of sp³-hybridized carbons (Fsp3) is 0.200. The zero-order valence-corrected chi connectivity index (χ0v) is 11.6. The van der Waals surface area contributed by atoms with E-state index in [1.807, 2.05) is 24.3 Å². The van der Waals surface area contributed by atoms with E-state index in [1.165, 1.54) is 12.1 Å². The van der Waals surface area contributed by atoms with E-state index in [0.717, 1.165) is 10.0 Å². The van der Waals surface area contributed by atoms with Gasteiger partial charge < -0.3 is 9.84 Å². The van der Waals surface area contributed by atoms with Crippen LogP contribution in [0.1, 0.15) is 29.8 Å². The molecule has 0 aliphatic carbocycles. The molecule has 0 saturated heterocycles. The van der Waals surface area contributed by atoms with Crippen LogP contribution in [0.3, 0.4) is 0 Å². The van der Waals surface area contributed by atoms with E-state index in [2.05, 4.69) is 15.9 Å². The molecule has 98 valence electrons. The van der Waals surface area contributed by atoms with Gasteiger partial charge in [-0.2, -0.15) is 0 Å². The lowest BCUT2D eigenvalue weighted by molar-refractivity contribution is 0.0653. The van der Waals surface area contributed by atoms with E-state index < -0.39 is 6.10 Å². The Hall–Kier alpha value is -1.39. The zero-order valence-electron chi connectivity index (χ0n) is 10.0. The van der Waals surface area contributed by atoms with Crippen LogP contribution in [0.15, 0.2) is 46.9 Å². The first-order valence-electron chi connectivity index (χ1n) is 6.03.